The molecule has 2 aromatic carbocycles. The van der Waals surface area contributed by atoms with Gasteiger partial charge < -0.3 is 9.84 Å². The van der Waals surface area contributed by atoms with Crippen LogP contribution in [-0.2, 0) is 4.79 Å². The largest absolute Gasteiger partial charge is 0.479 e. The summed E-state index contributed by atoms with van der Waals surface area (Å²) in [7, 11) is 0. The lowest BCUT2D eigenvalue weighted by molar-refractivity contribution is -0.144. The third-order valence-corrected chi connectivity index (χ3v) is 6.05. The first-order valence-corrected chi connectivity index (χ1v) is 11.2. The minimum atomic E-state index is -1.03. The van der Waals surface area contributed by atoms with Gasteiger partial charge in [0, 0.05) is 4.47 Å². The monoisotopic (exact) mass is 681 g/mol. The minimum Gasteiger partial charge on any atom is -0.479 e. The summed E-state index contributed by atoms with van der Waals surface area (Å²) in [6.07, 6.45) is 0.606. The maximum atomic E-state index is 12.8. The Morgan fingerprint density at radius 3 is 2.59 bits per heavy atom. The van der Waals surface area contributed by atoms with Crippen molar-refractivity contribution in [1.29, 1.82) is 0 Å². The lowest BCUT2D eigenvalue weighted by Gasteiger charge is -2.14. The second-order valence-electron chi connectivity index (χ2n) is 6.09. The van der Waals surface area contributed by atoms with Crippen LogP contribution in [0.2, 0.25) is 0 Å². The molecule has 0 bridgehead atoms. The van der Waals surface area contributed by atoms with Crippen LogP contribution in [0.15, 0.2) is 44.7 Å². The van der Waals surface area contributed by atoms with E-state index in [1.807, 2.05) is 18.2 Å². The number of aromatic nitrogens is 2. The number of aryl methyl sites for hydroxylation is 1. The normalized spacial score (nSPS) is 12.4. The third-order valence-electron chi connectivity index (χ3n) is 3.96. The van der Waals surface area contributed by atoms with Crippen LogP contribution in [0.1, 0.15) is 18.3 Å². The maximum absolute atomic E-state index is 12.8. The molecule has 3 rings (SSSR count). The quantitative estimate of drug-likeness (QED) is 0.318. The molecule has 0 aliphatic heterocycles. The van der Waals surface area contributed by atoms with E-state index in [1.165, 1.54) is 11.6 Å². The lowest BCUT2D eigenvalue weighted by atomic mass is 10.2. The van der Waals surface area contributed by atoms with Gasteiger partial charge in [0.1, 0.15) is 11.6 Å². The predicted molar refractivity (Wildman–Crippen MR) is 131 cm³/mol. The molecule has 0 radical (unpaired) electrons. The first kappa shape index (κ1) is 22.2. The number of fused-ring (bicyclic) bond motifs is 1. The predicted octanol–water partition coefficient (Wildman–Crippen LogP) is 4.41. The number of carboxylic acid groups (broad SMARTS) is 1. The van der Waals surface area contributed by atoms with Crippen LogP contribution >= 0.6 is 61.1 Å². The van der Waals surface area contributed by atoms with Crippen molar-refractivity contribution in [1.82, 2.24) is 9.66 Å². The summed E-state index contributed by atoms with van der Waals surface area (Å²) in [5.41, 5.74) is 1.10. The van der Waals surface area contributed by atoms with Crippen molar-refractivity contribution in [3.8, 4) is 5.75 Å². The first-order chi connectivity index (χ1) is 13.7. The fourth-order valence-electron chi connectivity index (χ4n) is 2.51. The van der Waals surface area contributed by atoms with Crippen LogP contribution in [0, 0.1) is 14.1 Å². The number of benzene rings is 2. The Kier molecular flexibility index (Phi) is 6.94. The van der Waals surface area contributed by atoms with Crippen LogP contribution in [0.3, 0.4) is 0 Å². The molecule has 0 saturated carbocycles. The number of aliphatic carboxylic acids is 1. The average molecular weight is 682 g/mol. The van der Waals surface area contributed by atoms with E-state index in [4.69, 9.17) is 9.84 Å². The van der Waals surface area contributed by atoms with Crippen molar-refractivity contribution in [3.63, 3.8) is 0 Å². The molecule has 3 aromatic rings. The molecular formula is C19H14BrI2N3O4. The van der Waals surface area contributed by atoms with E-state index < -0.39 is 12.1 Å². The van der Waals surface area contributed by atoms with E-state index in [1.54, 1.807) is 25.3 Å². The van der Waals surface area contributed by atoms with Crippen molar-refractivity contribution in [2.24, 2.45) is 5.10 Å². The van der Waals surface area contributed by atoms with Crippen molar-refractivity contribution in [3.05, 3.63) is 63.7 Å². The van der Waals surface area contributed by atoms with Gasteiger partial charge in [-0.25, -0.2) is 9.78 Å². The Bertz CT molecular complexity index is 1190. The Labute approximate surface area is 201 Å². The number of hydrogen-bond acceptors (Lipinski definition) is 5. The van der Waals surface area contributed by atoms with Gasteiger partial charge in [0.05, 0.1) is 24.3 Å². The molecule has 0 aliphatic rings. The van der Waals surface area contributed by atoms with E-state index in [0.29, 0.717) is 22.5 Å². The minimum absolute atomic E-state index is 0.260. The van der Waals surface area contributed by atoms with Gasteiger partial charge in [0.15, 0.2) is 6.10 Å². The van der Waals surface area contributed by atoms with Gasteiger partial charge in [0.25, 0.3) is 5.56 Å². The Balaban J connectivity index is 1.98. The molecule has 1 heterocycles. The van der Waals surface area contributed by atoms with E-state index in [2.05, 4.69) is 71.2 Å². The highest BCUT2D eigenvalue weighted by Crippen LogP contribution is 2.29. The molecule has 29 heavy (non-hydrogen) atoms. The molecule has 0 spiro atoms. The zero-order valence-corrected chi connectivity index (χ0v) is 21.1. The summed E-state index contributed by atoms with van der Waals surface area (Å²) >= 11 is 7.53. The summed E-state index contributed by atoms with van der Waals surface area (Å²) < 4.78 is 9.06. The highest BCUT2D eigenvalue weighted by Gasteiger charge is 2.17. The number of rotatable bonds is 5. The molecule has 150 valence electrons. The average Bonchev–Trinajstić information content (AvgIpc) is 2.65. The van der Waals surface area contributed by atoms with Crippen molar-refractivity contribution < 1.29 is 14.6 Å². The topological polar surface area (TPSA) is 93.8 Å². The number of carboxylic acids is 1. The van der Waals surface area contributed by atoms with E-state index in [9.17, 15) is 9.59 Å². The van der Waals surface area contributed by atoms with Crippen LogP contribution in [-0.4, -0.2) is 33.1 Å². The van der Waals surface area contributed by atoms with Crippen molar-refractivity contribution in [2.75, 3.05) is 0 Å². The number of ether oxygens (including phenoxy) is 1. The smallest absolute Gasteiger partial charge is 0.344 e. The van der Waals surface area contributed by atoms with Crippen LogP contribution < -0.4 is 10.3 Å². The maximum Gasteiger partial charge on any atom is 0.344 e. The Hall–Kier alpha value is -1.54. The molecule has 0 fully saturated rings. The van der Waals surface area contributed by atoms with E-state index in [0.717, 1.165) is 17.2 Å². The molecule has 0 saturated heterocycles. The molecule has 1 atom stereocenters. The van der Waals surface area contributed by atoms with Gasteiger partial charge >= 0.3 is 5.97 Å². The highest BCUT2D eigenvalue weighted by atomic mass is 127. The lowest BCUT2D eigenvalue weighted by Crippen LogP contribution is -2.23. The Morgan fingerprint density at radius 2 is 1.97 bits per heavy atom. The van der Waals surface area contributed by atoms with Gasteiger partial charge in [-0.2, -0.15) is 9.78 Å². The first-order valence-electron chi connectivity index (χ1n) is 8.29. The van der Waals surface area contributed by atoms with Gasteiger partial charge in [-0.15, -0.1) is 0 Å². The molecule has 0 amide bonds. The number of hydrogen-bond donors (Lipinski definition) is 1. The molecule has 0 aliphatic carbocycles. The summed E-state index contributed by atoms with van der Waals surface area (Å²) in [6.45, 7) is 3.20. The van der Waals surface area contributed by atoms with Crippen LogP contribution in [0.4, 0.5) is 0 Å². The van der Waals surface area contributed by atoms with Gasteiger partial charge in [0.2, 0.25) is 0 Å². The summed E-state index contributed by atoms with van der Waals surface area (Å²) in [5.74, 6) is -0.0583. The summed E-state index contributed by atoms with van der Waals surface area (Å²) in [5, 5.41) is 13.8. The number of nitrogens with zero attached hydrogens (tertiary/aromatic N) is 3. The highest BCUT2D eigenvalue weighted by molar-refractivity contribution is 14.1. The van der Waals surface area contributed by atoms with Gasteiger partial charge in [-0.3, -0.25) is 4.79 Å². The zero-order chi connectivity index (χ0) is 21.3. The van der Waals surface area contributed by atoms with Crippen LogP contribution in [0.5, 0.6) is 5.75 Å². The second-order valence-corrected chi connectivity index (χ2v) is 9.33. The summed E-state index contributed by atoms with van der Waals surface area (Å²) in [4.78, 5) is 28.3. The molecular weight excluding hydrogens is 668 g/mol. The SMILES string of the molecule is Cc1nc2ccc(Br)cc2c(=O)n1N=Cc1cc(I)c(O[C@@H](C)C(=O)O)c(I)c1. The van der Waals surface area contributed by atoms with Gasteiger partial charge in [-0.1, -0.05) is 15.9 Å². The molecule has 10 heteroatoms. The second kappa shape index (κ2) is 9.08. The fourth-order valence-corrected chi connectivity index (χ4v) is 4.95. The van der Waals surface area contributed by atoms with Crippen LogP contribution in [0.25, 0.3) is 10.9 Å². The molecule has 0 unspecified atom stereocenters. The van der Waals surface area contributed by atoms with E-state index in [-0.39, 0.29) is 5.56 Å². The number of carbonyl (C=O) groups is 1. The number of halogens is 3. The molecule has 1 aromatic heterocycles. The van der Waals surface area contributed by atoms with E-state index >= 15 is 0 Å². The third kappa shape index (κ3) is 4.97. The van der Waals surface area contributed by atoms with Crippen molar-refractivity contribution in [2.45, 2.75) is 20.0 Å². The van der Waals surface area contributed by atoms with Crippen molar-refractivity contribution >= 4 is 84.2 Å². The molecule has 7 nitrogen and oxygen atoms in total. The summed E-state index contributed by atoms with van der Waals surface area (Å²) in [6, 6.07) is 8.95. The molecule has 1 N–H and O–H groups in total. The fraction of sp³-hybridized carbons (Fsp3) is 0.158. The standard InChI is InChI=1S/C19H14BrI2N3O4/c1-9(19(27)28)29-17-14(21)5-11(6-15(17)22)8-23-25-10(2)24-16-4-3-12(20)7-13(16)18(25)26/h3-9H,1-2H3,(H,27,28)/t9-/m0/s1. The van der Waals surface area contributed by atoms with Gasteiger partial charge in [-0.05, 0) is 94.9 Å². The Morgan fingerprint density at radius 1 is 1.31 bits per heavy atom. The zero-order valence-electron chi connectivity index (χ0n) is 15.2.